The average molecular weight is 1430 g/mol. The summed E-state index contributed by atoms with van der Waals surface area (Å²) in [6, 6.07) is 9.66. The fourth-order valence-corrected chi connectivity index (χ4v) is 10.5. The van der Waals surface area contributed by atoms with Crippen LogP contribution in [0.3, 0.4) is 0 Å². The molecule has 38 heteroatoms. The number of carbonyl (C=O) groups is 4. The molecule has 4 amide bonds. The first-order valence-corrected chi connectivity index (χ1v) is 30.4. The molecule has 6 atom stereocenters. The van der Waals surface area contributed by atoms with E-state index < -0.39 is 134 Å². The molecular formula is C58H58Cl4F8N18O8. The summed E-state index contributed by atoms with van der Waals surface area (Å²) in [7, 11) is 0. The van der Waals surface area contributed by atoms with Crippen molar-refractivity contribution in [1.82, 2.24) is 88.6 Å². The Bertz CT molecular complexity index is 3980. The molecule has 0 aliphatic carbocycles. The Labute approximate surface area is 559 Å². The number of alkyl halides is 8. The first kappa shape index (κ1) is 71.3. The number of rotatable bonds is 16. The van der Waals surface area contributed by atoms with Crippen LogP contribution < -0.4 is 22.0 Å². The molecule has 0 radical (unpaired) electrons. The van der Waals surface area contributed by atoms with Crippen LogP contribution in [0.4, 0.5) is 44.7 Å². The fraction of sp³-hybridized carbons (Fsp3) is 0.414. The van der Waals surface area contributed by atoms with E-state index in [2.05, 4.69) is 40.3 Å². The number of aromatic nitrogens is 14. The van der Waals surface area contributed by atoms with Crippen molar-refractivity contribution in [2.75, 3.05) is 13.1 Å². The highest BCUT2D eigenvalue weighted by molar-refractivity contribution is 6.32. The number of nitrogens with one attached hydrogen (secondary N) is 2. The summed E-state index contributed by atoms with van der Waals surface area (Å²) in [4.78, 5) is 97.1. The molecule has 0 bridgehead atoms. The number of ether oxygens (including phenoxy) is 2. The number of carbonyl (C=O) groups excluding carboxylic acids is 4. The van der Waals surface area contributed by atoms with Gasteiger partial charge in [0.1, 0.15) is 73.5 Å². The molecule has 8 aromatic rings. The van der Waals surface area contributed by atoms with Crippen molar-refractivity contribution in [2.24, 2.45) is 0 Å². The highest BCUT2D eigenvalue weighted by atomic mass is 35.5. The number of hydrogen-bond donors (Lipinski definition) is 2. The lowest BCUT2D eigenvalue weighted by molar-refractivity contribution is -0.165. The Balaban J connectivity index is 0.000000225. The Morgan fingerprint density at radius 3 is 1.22 bits per heavy atom. The molecule has 10 rings (SSSR count). The third-order valence-electron chi connectivity index (χ3n) is 14.1. The minimum absolute atomic E-state index is 0.0658. The lowest BCUT2D eigenvalue weighted by Gasteiger charge is -2.29. The van der Waals surface area contributed by atoms with Gasteiger partial charge < -0.3 is 20.1 Å². The molecule has 2 aromatic carbocycles. The minimum Gasteiger partial charge on any atom is -0.444 e. The zero-order valence-corrected chi connectivity index (χ0v) is 54.3. The SMILES string of the molecule is CC(C)(C)OC(=O)N1C[C@@H](F)C[C@@H]1C(=O)NC(Cn1c(-c2ccc(Cl)cc2)nn(Cc2ncn(-c3ncccc3Cl)n2)c1=O)C(F)(F)F.CC(C)(C)OC(=O)N1C[C@H](F)C[C@H]1C(=O)NC(Cn1c(-c2ccc(Cl)cc2)nn(Cc2ncn(-c3ncccc3Cl)n2)c1=O)C(F)(F)F. The van der Waals surface area contributed by atoms with Crippen molar-refractivity contribution in [3.63, 3.8) is 0 Å². The molecule has 0 spiro atoms. The number of halogens is 12. The summed E-state index contributed by atoms with van der Waals surface area (Å²) >= 11 is 24.4. The van der Waals surface area contributed by atoms with E-state index in [9.17, 15) is 63.9 Å². The van der Waals surface area contributed by atoms with Crippen LogP contribution in [0.1, 0.15) is 66.0 Å². The molecule has 512 valence electrons. The first-order chi connectivity index (χ1) is 45.0. The van der Waals surface area contributed by atoms with Gasteiger partial charge in [-0.2, -0.15) is 26.3 Å². The maximum atomic E-state index is 14.5. The van der Waals surface area contributed by atoms with Crippen LogP contribution in [0.25, 0.3) is 34.4 Å². The lowest BCUT2D eigenvalue weighted by Crippen LogP contribution is -2.55. The predicted molar refractivity (Wildman–Crippen MR) is 329 cm³/mol. The number of hydrogen-bond acceptors (Lipinski definition) is 16. The van der Waals surface area contributed by atoms with Crippen LogP contribution in [0.5, 0.6) is 0 Å². The molecule has 2 unspecified atom stereocenters. The predicted octanol–water partition coefficient (Wildman–Crippen LogP) is 8.87. The molecule has 26 nitrogen and oxygen atoms in total. The fourth-order valence-electron chi connectivity index (χ4n) is 9.82. The van der Waals surface area contributed by atoms with Crippen molar-refractivity contribution in [2.45, 2.75) is 141 Å². The van der Waals surface area contributed by atoms with Crippen molar-refractivity contribution < 1.29 is 63.8 Å². The Hall–Kier alpha value is -9.02. The third kappa shape index (κ3) is 17.5. The van der Waals surface area contributed by atoms with Gasteiger partial charge in [-0.25, -0.2) is 66.6 Å². The summed E-state index contributed by atoms with van der Waals surface area (Å²) in [6.45, 7) is 5.31. The van der Waals surface area contributed by atoms with Gasteiger partial charge in [-0.05, 0) is 114 Å². The summed E-state index contributed by atoms with van der Waals surface area (Å²) in [5, 5.41) is 22.0. The molecule has 0 saturated carbocycles. The van der Waals surface area contributed by atoms with Crippen molar-refractivity contribution >= 4 is 70.4 Å². The molecule has 2 saturated heterocycles. The number of pyridine rings is 2. The number of amides is 4. The molecule has 2 aliphatic rings. The molecule has 6 aromatic heterocycles. The van der Waals surface area contributed by atoms with Crippen LogP contribution in [-0.2, 0) is 45.2 Å². The summed E-state index contributed by atoms with van der Waals surface area (Å²) in [6.07, 6.45) is -11.1. The molecule has 8 heterocycles. The minimum atomic E-state index is -5.08. The van der Waals surface area contributed by atoms with Gasteiger partial charge >= 0.3 is 35.9 Å². The molecule has 2 aliphatic heterocycles. The Morgan fingerprint density at radius 2 is 0.896 bits per heavy atom. The van der Waals surface area contributed by atoms with Crippen LogP contribution >= 0.6 is 46.4 Å². The van der Waals surface area contributed by atoms with Gasteiger partial charge in [0.2, 0.25) is 11.8 Å². The van der Waals surface area contributed by atoms with Gasteiger partial charge in [-0.15, -0.1) is 20.4 Å². The van der Waals surface area contributed by atoms with Crippen LogP contribution in [-0.4, -0.2) is 175 Å². The van der Waals surface area contributed by atoms with E-state index in [0.29, 0.717) is 10.0 Å². The summed E-state index contributed by atoms with van der Waals surface area (Å²) in [5.41, 5.74) is -3.47. The summed E-state index contributed by atoms with van der Waals surface area (Å²) < 4.78 is 132. The Morgan fingerprint density at radius 1 is 0.542 bits per heavy atom. The Kier molecular flexibility index (Phi) is 21.3. The van der Waals surface area contributed by atoms with Gasteiger partial charge in [0, 0.05) is 46.4 Å². The highest BCUT2D eigenvalue weighted by Crippen LogP contribution is 2.31. The van der Waals surface area contributed by atoms with E-state index >= 15 is 0 Å². The highest BCUT2D eigenvalue weighted by Gasteiger charge is 2.49. The van der Waals surface area contributed by atoms with Gasteiger partial charge in [0.25, 0.3) is 0 Å². The quantitative estimate of drug-likeness (QED) is 0.0854. The van der Waals surface area contributed by atoms with E-state index in [-0.39, 0.29) is 69.2 Å². The smallest absolute Gasteiger partial charge is 0.411 e. The monoisotopic (exact) mass is 1430 g/mol. The van der Waals surface area contributed by atoms with E-state index in [1.165, 1.54) is 82.9 Å². The van der Waals surface area contributed by atoms with Crippen LogP contribution in [0.2, 0.25) is 20.1 Å². The topological polar surface area (TPSA) is 284 Å². The van der Waals surface area contributed by atoms with Crippen molar-refractivity contribution in [3.05, 3.63) is 151 Å². The third-order valence-corrected chi connectivity index (χ3v) is 15.2. The number of benzene rings is 2. The van der Waals surface area contributed by atoms with Gasteiger partial charge in [-0.3, -0.25) is 28.5 Å². The maximum Gasteiger partial charge on any atom is 0.411 e. The van der Waals surface area contributed by atoms with E-state index in [1.54, 1.807) is 65.8 Å². The van der Waals surface area contributed by atoms with E-state index in [0.717, 1.165) is 28.3 Å². The molecule has 2 fully saturated rings. The lowest BCUT2D eigenvalue weighted by atomic mass is 10.1. The second kappa shape index (κ2) is 28.7. The second-order valence-corrected chi connectivity index (χ2v) is 25.4. The van der Waals surface area contributed by atoms with Crippen LogP contribution in [0.15, 0.2) is 107 Å². The largest absolute Gasteiger partial charge is 0.444 e. The zero-order valence-electron chi connectivity index (χ0n) is 51.3. The van der Waals surface area contributed by atoms with Gasteiger partial charge in [-0.1, -0.05) is 46.4 Å². The molecule has 96 heavy (non-hydrogen) atoms. The van der Waals surface area contributed by atoms with Crippen LogP contribution in [0, 0.1) is 0 Å². The standard InChI is InChI=1S/2C29H29Cl2F4N9O4/c2*1-28(2,3)48-27(47)41-12-18(32)11-20(41)25(45)38-21(29(33,34)35)13-42-23(16-6-8-17(30)9-7-16)40-43(26(42)46)14-22-37-15-44(39-22)24-19(31)5-4-10-36-24/h2*4-10,15,18,20-21H,11-14H2,1-3H3,(H,38,45)/t2*18-,20+,21?/m10/s1. The zero-order chi connectivity index (χ0) is 69.9. The maximum absolute atomic E-state index is 14.5. The van der Waals surface area contributed by atoms with Gasteiger partial charge in [0.05, 0.1) is 36.2 Å². The molecule has 2 N–H and O–H groups in total. The van der Waals surface area contributed by atoms with Gasteiger partial charge in [0.15, 0.2) is 34.9 Å². The van der Waals surface area contributed by atoms with Crippen molar-refractivity contribution in [1.29, 1.82) is 0 Å². The average Bonchev–Trinajstić information content (AvgIpc) is 1.73. The second-order valence-electron chi connectivity index (χ2n) is 23.8. The number of likely N-dealkylation sites (tertiary alicyclic amines) is 2. The van der Waals surface area contributed by atoms with E-state index in [4.69, 9.17) is 55.9 Å². The van der Waals surface area contributed by atoms with E-state index in [1.807, 2.05) is 10.6 Å². The van der Waals surface area contributed by atoms with Crippen molar-refractivity contribution in [3.8, 4) is 34.4 Å². The number of nitrogens with zero attached hydrogens (tertiary/aromatic N) is 16. The first-order valence-electron chi connectivity index (χ1n) is 28.9. The summed E-state index contributed by atoms with van der Waals surface area (Å²) in [5.74, 6) is -2.23. The molecular weight excluding hydrogens is 1370 g/mol. The normalized spacial score (nSPS) is 17.4.